The molecule has 3 rings (SSSR count). The largest absolute Gasteiger partial charge is 0.487 e. The minimum atomic E-state index is -0.296. The third-order valence-corrected chi connectivity index (χ3v) is 2.94. The zero-order valence-electron chi connectivity index (χ0n) is 10.5. The maximum atomic E-state index is 13.1. The number of nitrogens with zero attached hydrogens (tertiary/aromatic N) is 2. The molecule has 0 N–H and O–H groups in total. The average molecular weight is 256 g/mol. The number of fused-ring (bicyclic) bond motifs is 1. The van der Waals surface area contributed by atoms with E-state index in [-0.39, 0.29) is 5.82 Å². The number of ether oxygens (including phenoxy) is 1. The first-order valence-electron chi connectivity index (χ1n) is 6.04. The van der Waals surface area contributed by atoms with Crippen molar-refractivity contribution >= 4 is 5.65 Å². The predicted molar refractivity (Wildman–Crippen MR) is 70.7 cm³/mol. The molecule has 0 aliphatic heterocycles. The molecule has 0 aliphatic carbocycles. The second-order valence-corrected chi connectivity index (χ2v) is 4.40. The number of aryl methyl sites for hydroxylation is 1. The summed E-state index contributed by atoms with van der Waals surface area (Å²) in [5.41, 5.74) is 2.59. The van der Waals surface area contributed by atoms with Crippen molar-refractivity contribution in [2.45, 2.75) is 13.5 Å². The fourth-order valence-corrected chi connectivity index (χ4v) is 1.94. The van der Waals surface area contributed by atoms with Crippen LogP contribution in [0.1, 0.15) is 11.3 Å². The zero-order valence-corrected chi connectivity index (χ0v) is 10.5. The molecule has 0 saturated heterocycles. The molecule has 0 amide bonds. The molecule has 0 spiro atoms. The molecule has 0 saturated carbocycles. The van der Waals surface area contributed by atoms with Crippen molar-refractivity contribution in [3.8, 4) is 5.75 Å². The van der Waals surface area contributed by atoms with Crippen LogP contribution in [0.4, 0.5) is 4.39 Å². The smallest absolute Gasteiger partial charge is 0.137 e. The van der Waals surface area contributed by atoms with E-state index < -0.39 is 0 Å². The van der Waals surface area contributed by atoms with E-state index in [4.69, 9.17) is 4.74 Å². The summed E-state index contributed by atoms with van der Waals surface area (Å²) in [6, 6.07) is 10.3. The highest BCUT2D eigenvalue weighted by atomic mass is 19.1. The second-order valence-electron chi connectivity index (χ2n) is 4.40. The summed E-state index contributed by atoms with van der Waals surface area (Å²) in [5, 5.41) is 0. The van der Waals surface area contributed by atoms with Crippen LogP contribution in [-0.2, 0) is 6.61 Å². The number of hydrogen-bond acceptors (Lipinski definition) is 2. The first-order chi connectivity index (χ1) is 9.22. The van der Waals surface area contributed by atoms with E-state index in [1.165, 1.54) is 12.1 Å². The van der Waals surface area contributed by atoms with Crippen molar-refractivity contribution in [3.05, 3.63) is 65.9 Å². The molecule has 3 aromatic rings. The molecule has 0 fully saturated rings. The van der Waals surface area contributed by atoms with E-state index in [1.807, 2.05) is 41.9 Å². The SMILES string of the molecule is Cc1ccc(F)cc1OCc1cn2ccccc2n1. The number of imidazole rings is 1. The molecule has 0 radical (unpaired) electrons. The Morgan fingerprint density at radius 2 is 2.16 bits per heavy atom. The fraction of sp³-hybridized carbons (Fsp3) is 0.133. The van der Waals surface area contributed by atoms with Gasteiger partial charge in [-0.3, -0.25) is 0 Å². The van der Waals surface area contributed by atoms with Crippen LogP contribution in [0, 0.1) is 12.7 Å². The minimum absolute atomic E-state index is 0.296. The van der Waals surface area contributed by atoms with Gasteiger partial charge < -0.3 is 9.14 Å². The molecule has 3 nitrogen and oxygen atoms in total. The Morgan fingerprint density at radius 3 is 3.00 bits per heavy atom. The van der Waals surface area contributed by atoms with Crippen molar-refractivity contribution in [3.63, 3.8) is 0 Å². The van der Waals surface area contributed by atoms with Gasteiger partial charge in [0, 0.05) is 18.5 Å². The van der Waals surface area contributed by atoms with Gasteiger partial charge in [-0.25, -0.2) is 9.37 Å². The van der Waals surface area contributed by atoms with Crippen molar-refractivity contribution in [1.82, 2.24) is 9.38 Å². The number of rotatable bonds is 3. The molecule has 96 valence electrons. The summed E-state index contributed by atoms with van der Waals surface area (Å²) < 4.78 is 20.7. The molecule has 0 aliphatic rings. The standard InChI is InChI=1S/C15H13FN2O/c1-11-5-6-12(16)8-14(11)19-10-13-9-18-7-3-2-4-15(18)17-13/h2-9H,10H2,1H3. The first kappa shape index (κ1) is 11.7. The molecule has 0 bridgehead atoms. The number of benzene rings is 1. The Labute approximate surface area is 110 Å². The Balaban J connectivity index is 1.80. The van der Waals surface area contributed by atoms with Gasteiger partial charge in [0.2, 0.25) is 0 Å². The highest BCUT2D eigenvalue weighted by molar-refractivity contribution is 5.39. The quantitative estimate of drug-likeness (QED) is 0.718. The summed E-state index contributed by atoms with van der Waals surface area (Å²) in [6.45, 7) is 2.21. The normalized spacial score (nSPS) is 10.8. The average Bonchev–Trinajstić information content (AvgIpc) is 2.82. The predicted octanol–water partition coefficient (Wildman–Crippen LogP) is 3.36. The second kappa shape index (κ2) is 4.72. The summed E-state index contributed by atoms with van der Waals surface area (Å²) in [6.07, 6.45) is 3.84. The molecule has 19 heavy (non-hydrogen) atoms. The monoisotopic (exact) mass is 256 g/mol. The number of halogens is 1. The van der Waals surface area contributed by atoms with Crippen LogP contribution in [0.3, 0.4) is 0 Å². The van der Waals surface area contributed by atoms with Crippen molar-refractivity contribution in [2.24, 2.45) is 0 Å². The first-order valence-corrected chi connectivity index (χ1v) is 6.04. The highest BCUT2D eigenvalue weighted by Gasteiger charge is 2.05. The van der Waals surface area contributed by atoms with Crippen LogP contribution in [0.25, 0.3) is 5.65 Å². The lowest BCUT2D eigenvalue weighted by atomic mass is 10.2. The van der Waals surface area contributed by atoms with E-state index in [0.29, 0.717) is 12.4 Å². The molecule has 0 atom stereocenters. The fourth-order valence-electron chi connectivity index (χ4n) is 1.94. The lowest BCUT2D eigenvalue weighted by molar-refractivity contribution is 0.298. The van der Waals surface area contributed by atoms with Gasteiger partial charge in [0.15, 0.2) is 0 Å². The van der Waals surface area contributed by atoms with Crippen LogP contribution < -0.4 is 4.74 Å². The zero-order chi connectivity index (χ0) is 13.2. The van der Waals surface area contributed by atoms with E-state index in [9.17, 15) is 4.39 Å². The Bertz CT molecular complexity index is 688. The summed E-state index contributed by atoms with van der Waals surface area (Å²) in [4.78, 5) is 4.42. The maximum Gasteiger partial charge on any atom is 0.137 e. The van der Waals surface area contributed by atoms with E-state index in [0.717, 1.165) is 16.9 Å². The summed E-state index contributed by atoms with van der Waals surface area (Å²) in [7, 11) is 0. The molecular weight excluding hydrogens is 243 g/mol. The van der Waals surface area contributed by atoms with Gasteiger partial charge in [-0.05, 0) is 30.7 Å². The van der Waals surface area contributed by atoms with Crippen molar-refractivity contribution in [2.75, 3.05) is 0 Å². The van der Waals surface area contributed by atoms with E-state index in [2.05, 4.69) is 4.98 Å². The van der Waals surface area contributed by atoms with Crippen molar-refractivity contribution in [1.29, 1.82) is 0 Å². The third kappa shape index (κ3) is 2.42. The number of pyridine rings is 1. The highest BCUT2D eigenvalue weighted by Crippen LogP contribution is 2.20. The maximum absolute atomic E-state index is 13.1. The van der Waals surface area contributed by atoms with Gasteiger partial charge in [-0.2, -0.15) is 0 Å². The molecule has 4 heteroatoms. The summed E-state index contributed by atoms with van der Waals surface area (Å²) >= 11 is 0. The Morgan fingerprint density at radius 1 is 1.26 bits per heavy atom. The van der Waals surface area contributed by atoms with Gasteiger partial charge >= 0.3 is 0 Å². The molecule has 2 heterocycles. The van der Waals surface area contributed by atoms with Gasteiger partial charge in [0.25, 0.3) is 0 Å². The number of aromatic nitrogens is 2. The lowest BCUT2D eigenvalue weighted by Crippen LogP contribution is -1.97. The molecule has 1 aromatic carbocycles. The van der Waals surface area contributed by atoms with Gasteiger partial charge in [0.05, 0.1) is 5.69 Å². The van der Waals surface area contributed by atoms with Crippen LogP contribution in [0.15, 0.2) is 48.8 Å². The van der Waals surface area contributed by atoms with Crippen molar-refractivity contribution < 1.29 is 9.13 Å². The number of hydrogen-bond donors (Lipinski definition) is 0. The van der Waals surface area contributed by atoms with Gasteiger partial charge in [0.1, 0.15) is 23.8 Å². The van der Waals surface area contributed by atoms with E-state index in [1.54, 1.807) is 6.07 Å². The van der Waals surface area contributed by atoms with Gasteiger partial charge in [-0.1, -0.05) is 12.1 Å². The topological polar surface area (TPSA) is 26.5 Å². The Kier molecular flexibility index (Phi) is 2.91. The lowest BCUT2D eigenvalue weighted by Gasteiger charge is -2.07. The van der Waals surface area contributed by atoms with Crippen LogP contribution in [0.2, 0.25) is 0 Å². The molecular formula is C15H13FN2O. The van der Waals surface area contributed by atoms with Crippen LogP contribution in [-0.4, -0.2) is 9.38 Å². The summed E-state index contributed by atoms with van der Waals surface area (Å²) in [5.74, 6) is 0.257. The van der Waals surface area contributed by atoms with Crippen LogP contribution in [0.5, 0.6) is 5.75 Å². The third-order valence-electron chi connectivity index (χ3n) is 2.94. The van der Waals surface area contributed by atoms with E-state index >= 15 is 0 Å². The van der Waals surface area contributed by atoms with Gasteiger partial charge in [-0.15, -0.1) is 0 Å². The minimum Gasteiger partial charge on any atom is -0.487 e. The van der Waals surface area contributed by atoms with Crippen LogP contribution >= 0.6 is 0 Å². The molecule has 2 aromatic heterocycles. The molecule has 0 unspecified atom stereocenters. The Hall–Kier alpha value is -2.36.